The van der Waals surface area contributed by atoms with E-state index in [-0.39, 0.29) is 12.4 Å². The summed E-state index contributed by atoms with van der Waals surface area (Å²) in [5.74, 6) is 0. The minimum atomic E-state index is 0. The van der Waals surface area contributed by atoms with E-state index in [1.165, 1.54) is 26.2 Å². The summed E-state index contributed by atoms with van der Waals surface area (Å²) in [4.78, 5) is 0. The summed E-state index contributed by atoms with van der Waals surface area (Å²) < 4.78 is 2.75. The van der Waals surface area contributed by atoms with Gasteiger partial charge in [-0.25, -0.2) is 0 Å². The molecule has 0 radical (unpaired) electrons. The van der Waals surface area contributed by atoms with Gasteiger partial charge in [-0.1, -0.05) is 0 Å². The zero-order valence-electron chi connectivity index (χ0n) is 4.06. The molecule has 1 aromatic rings. The van der Waals surface area contributed by atoms with Crippen molar-refractivity contribution in [3.05, 3.63) is 15.9 Å². The Morgan fingerprint density at radius 2 is 2.25 bits per heavy atom. The molecule has 0 aliphatic carbocycles. The van der Waals surface area contributed by atoms with Gasteiger partial charge in [0.25, 0.3) is 0 Å². The van der Waals surface area contributed by atoms with Gasteiger partial charge >= 0.3 is 65.0 Å². The SMILES string of the molecule is Cl.[Zn][c]1sccc1Br. The first-order valence-corrected chi connectivity index (χ1v) is 5.01. The number of hydrogen-bond acceptors (Lipinski definition) is 1. The van der Waals surface area contributed by atoms with Gasteiger partial charge in [-0.05, 0) is 0 Å². The van der Waals surface area contributed by atoms with E-state index in [9.17, 15) is 0 Å². The fourth-order valence-electron chi connectivity index (χ4n) is 0.325. The molecule has 1 rings (SSSR count). The normalized spacial score (nSPS) is 8.38. The van der Waals surface area contributed by atoms with Crippen LogP contribution in [-0.2, 0) is 18.3 Å². The van der Waals surface area contributed by atoms with E-state index in [1.54, 1.807) is 0 Å². The Bertz CT molecular complexity index is 148. The summed E-state index contributed by atoms with van der Waals surface area (Å²) in [5, 5.41) is 2.10. The molecule has 8 heavy (non-hydrogen) atoms. The third kappa shape index (κ3) is 2.14. The molecule has 0 amide bonds. The zero-order chi connectivity index (χ0) is 5.28. The Hall–Kier alpha value is 1.09. The van der Waals surface area contributed by atoms with Gasteiger partial charge in [-0.2, -0.15) is 0 Å². The fraction of sp³-hybridized carbons (Fsp3) is 0. The Kier molecular flexibility index (Phi) is 4.54. The molecule has 0 aromatic carbocycles. The summed E-state index contributed by atoms with van der Waals surface area (Å²) in [6.07, 6.45) is 0. The molecule has 0 N–H and O–H groups in total. The molecule has 0 nitrogen and oxygen atoms in total. The first-order chi connectivity index (χ1) is 3.30. The molecular formula is C4H3BrClSZn. The molecule has 0 aliphatic heterocycles. The van der Waals surface area contributed by atoms with Crippen LogP contribution in [0.2, 0.25) is 0 Å². The summed E-state index contributed by atoms with van der Waals surface area (Å²) in [7, 11) is 0. The summed E-state index contributed by atoms with van der Waals surface area (Å²) >= 11 is 6.48. The van der Waals surface area contributed by atoms with Gasteiger partial charge in [-0.15, -0.1) is 12.4 Å². The van der Waals surface area contributed by atoms with Crippen LogP contribution in [0, 0.1) is 0 Å². The first kappa shape index (κ1) is 9.09. The molecule has 0 atom stereocenters. The van der Waals surface area contributed by atoms with Gasteiger partial charge in [0.1, 0.15) is 0 Å². The topological polar surface area (TPSA) is 0 Å². The molecule has 4 heteroatoms. The van der Waals surface area contributed by atoms with Crippen LogP contribution in [0.15, 0.2) is 15.9 Å². The summed E-state index contributed by atoms with van der Waals surface area (Å²) in [5.41, 5.74) is 0. The van der Waals surface area contributed by atoms with Gasteiger partial charge in [0.2, 0.25) is 0 Å². The monoisotopic (exact) mass is 261 g/mol. The average Bonchev–Trinajstić information content (AvgIpc) is 1.91. The third-order valence-corrected chi connectivity index (χ3v) is 5.41. The maximum atomic E-state index is 3.41. The predicted octanol–water partition coefficient (Wildman–Crippen LogP) is 2.10. The zero-order valence-corrected chi connectivity index (χ0v) is 10.2. The van der Waals surface area contributed by atoms with Crippen LogP contribution in [0.25, 0.3) is 0 Å². The van der Waals surface area contributed by atoms with E-state index < -0.39 is 0 Å². The van der Waals surface area contributed by atoms with Crippen molar-refractivity contribution >= 4 is 43.1 Å². The van der Waals surface area contributed by atoms with Crippen molar-refractivity contribution in [1.82, 2.24) is 0 Å². The molecule has 1 heterocycles. The first-order valence-electron chi connectivity index (χ1n) is 1.85. The number of thiophene rings is 1. The van der Waals surface area contributed by atoms with Gasteiger partial charge in [0.15, 0.2) is 0 Å². The van der Waals surface area contributed by atoms with Crippen LogP contribution >= 0.6 is 39.7 Å². The number of rotatable bonds is 0. The van der Waals surface area contributed by atoms with Crippen molar-refractivity contribution < 1.29 is 18.3 Å². The summed E-state index contributed by atoms with van der Waals surface area (Å²) in [6, 6.07) is 2.09. The molecule has 0 aliphatic rings. The second-order valence-electron chi connectivity index (χ2n) is 1.19. The second kappa shape index (κ2) is 4.00. The van der Waals surface area contributed by atoms with Crippen molar-refractivity contribution in [1.29, 1.82) is 0 Å². The quantitative estimate of drug-likeness (QED) is 0.629. The van der Waals surface area contributed by atoms with E-state index in [0.29, 0.717) is 0 Å². The molecule has 0 saturated carbocycles. The van der Waals surface area contributed by atoms with Crippen LogP contribution in [0.4, 0.5) is 0 Å². The standard InChI is InChI=1S/C4H2BrS.ClH.Zn/c5-4-1-2-6-3-4;;/h1-2H;1H;. The molecule has 0 unspecified atom stereocenters. The van der Waals surface area contributed by atoms with E-state index in [0.717, 1.165) is 0 Å². The van der Waals surface area contributed by atoms with Gasteiger partial charge in [0.05, 0.1) is 0 Å². The molecule has 0 fully saturated rings. The number of halogens is 2. The van der Waals surface area contributed by atoms with Gasteiger partial charge in [-0.3, -0.25) is 0 Å². The van der Waals surface area contributed by atoms with Crippen LogP contribution in [-0.4, -0.2) is 0 Å². The van der Waals surface area contributed by atoms with Crippen molar-refractivity contribution in [2.45, 2.75) is 0 Å². The second-order valence-corrected chi connectivity index (χ2v) is 5.61. The fourth-order valence-corrected chi connectivity index (χ4v) is 2.31. The Labute approximate surface area is 76.9 Å². The van der Waals surface area contributed by atoms with Crippen molar-refractivity contribution in [3.63, 3.8) is 0 Å². The molecule has 0 bridgehead atoms. The molecule has 0 spiro atoms. The van der Waals surface area contributed by atoms with Gasteiger partial charge < -0.3 is 0 Å². The Morgan fingerprint density at radius 3 is 2.38 bits per heavy atom. The minimum absolute atomic E-state index is 0. The third-order valence-electron chi connectivity index (χ3n) is 0.691. The van der Waals surface area contributed by atoms with E-state index >= 15 is 0 Å². The van der Waals surface area contributed by atoms with Crippen LogP contribution < -0.4 is 3.47 Å². The van der Waals surface area contributed by atoms with E-state index in [1.807, 2.05) is 11.3 Å². The van der Waals surface area contributed by atoms with E-state index in [4.69, 9.17) is 0 Å². The van der Waals surface area contributed by atoms with Crippen molar-refractivity contribution in [3.8, 4) is 0 Å². The molecular weight excluding hydrogens is 261 g/mol. The molecule has 0 saturated heterocycles. The Balaban J connectivity index is 0.000000490. The van der Waals surface area contributed by atoms with Crippen molar-refractivity contribution in [2.24, 2.45) is 0 Å². The van der Waals surface area contributed by atoms with Crippen molar-refractivity contribution in [2.75, 3.05) is 0 Å². The molecule has 1 aromatic heterocycles. The van der Waals surface area contributed by atoms with Crippen LogP contribution in [0.3, 0.4) is 0 Å². The average molecular weight is 264 g/mol. The van der Waals surface area contributed by atoms with Crippen LogP contribution in [0.5, 0.6) is 0 Å². The molecule has 41 valence electrons. The number of hydrogen-bond donors (Lipinski definition) is 0. The predicted molar refractivity (Wildman–Crippen MR) is 38.9 cm³/mol. The van der Waals surface area contributed by atoms with Gasteiger partial charge in [0, 0.05) is 0 Å². The maximum absolute atomic E-state index is 3.41. The van der Waals surface area contributed by atoms with E-state index in [2.05, 4.69) is 27.4 Å². The Morgan fingerprint density at radius 1 is 1.62 bits per heavy atom. The summed E-state index contributed by atoms with van der Waals surface area (Å²) in [6.45, 7) is 0. The van der Waals surface area contributed by atoms with Crippen LogP contribution in [0.1, 0.15) is 0 Å².